The van der Waals surface area contributed by atoms with Gasteiger partial charge in [-0.25, -0.2) is 0 Å². The van der Waals surface area contributed by atoms with Crippen molar-refractivity contribution in [2.75, 3.05) is 0 Å². The van der Waals surface area contributed by atoms with Gasteiger partial charge in [0.2, 0.25) is 0 Å². The van der Waals surface area contributed by atoms with Crippen molar-refractivity contribution in [3.05, 3.63) is 0 Å². The Morgan fingerprint density at radius 1 is 1.89 bits per heavy atom. The van der Waals surface area contributed by atoms with Gasteiger partial charge in [-0.1, -0.05) is 15.7 Å². The molecule has 50 valence electrons. The topological polar surface area (TPSA) is 38.3 Å². The molecule has 3 nitrogen and oxygen atoms in total. The fourth-order valence-corrected chi connectivity index (χ4v) is 0.751. The van der Waals surface area contributed by atoms with Crippen LogP contribution in [0.25, 0.3) is 0 Å². The van der Waals surface area contributed by atoms with Crippen LogP contribution in [-0.4, -0.2) is 19.9 Å². The van der Waals surface area contributed by atoms with Crippen LogP contribution in [0.3, 0.4) is 0 Å². The van der Waals surface area contributed by atoms with Crippen molar-refractivity contribution >= 4 is 32.7 Å². The molecule has 0 aromatic heterocycles. The maximum atomic E-state index is 10.6. The number of rotatable bonds is 3. The summed E-state index contributed by atoms with van der Waals surface area (Å²) in [5.41, 5.74) is 0. The highest BCUT2D eigenvalue weighted by atomic mass is 31.0. The summed E-state index contributed by atoms with van der Waals surface area (Å²) in [6, 6.07) is -0.424. The molecule has 0 saturated carbocycles. The quantitative estimate of drug-likeness (QED) is 0.456. The van der Waals surface area contributed by atoms with Gasteiger partial charge >= 0.3 is 5.97 Å². The largest absolute Gasteiger partial charge is 0.450 e. The van der Waals surface area contributed by atoms with Gasteiger partial charge in [0.1, 0.15) is 6.04 Å². The lowest BCUT2D eigenvalue weighted by Gasteiger charge is -2.09. The van der Waals surface area contributed by atoms with Crippen LogP contribution in [0.4, 0.5) is 0 Å². The van der Waals surface area contributed by atoms with Gasteiger partial charge in [0, 0.05) is 0 Å². The Bertz CT molecular complexity index is 97.8. The smallest absolute Gasteiger partial charge is 0.324 e. The molecule has 0 amide bonds. The summed E-state index contributed by atoms with van der Waals surface area (Å²) in [4.78, 5) is 10.6. The third-order valence-electron chi connectivity index (χ3n) is 0.838. The molecule has 6 heteroatoms. The van der Waals surface area contributed by atoms with Crippen LogP contribution in [0.5, 0.6) is 0 Å². The van der Waals surface area contributed by atoms with Crippen molar-refractivity contribution in [3.8, 4) is 0 Å². The number of nitrogens with one attached hydrogen (secondary N) is 1. The second-order valence-electron chi connectivity index (χ2n) is 1.39. The summed E-state index contributed by atoms with van der Waals surface area (Å²) in [5, 5.41) is 2.61. The van der Waals surface area contributed by atoms with E-state index in [9.17, 15) is 4.79 Å². The van der Waals surface area contributed by atoms with E-state index in [0.29, 0.717) is 0 Å². The summed E-state index contributed by atoms with van der Waals surface area (Å²) in [6.45, 7) is 0. The monoisotopic (exact) mass is 163 g/mol. The second kappa shape index (κ2) is 5.16. The fraction of sp³-hybridized carbons (Fsp3) is 0.667. The first-order chi connectivity index (χ1) is 4.26. The Morgan fingerprint density at radius 2 is 2.44 bits per heavy atom. The molecule has 2 radical (unpaired) electrons. The van der Waals surface area contributed by atoms with E-state index < -0.39 is 6.04 Å². The average molecular weight is 163 g/mol. The zero-order valence-corrected chi connectivity index (χ0v) is 7.14. The van der Waals surface area contributed by atoms with E-state index in [0.717, 1.165) is 0 Å². The van der Waals surface area contributed by atoms with Crippen molar-refractivity contribution in [1.29, 1.82) is 0 Å². The van der Waals surface area contributed by atoms with Crippen LogP contribution >= 0.6 is 18.9 Å². The van der Waals surface area contributed by atoms with Gasteiger partial charge in [-0.3, -0.25) is 9.88 Å². The molecular formula is C3H8BNO2P2. The van der Waals surface area contributed by atoms with E-state index in [2.05, 4.69) is 19.0 Å². The molecule has 3 unspecified atom stereocenters. The van der Waals surface area contributed by atoms with Crippen molar-refractivity contribution in [2.24, 2.45) is 0 Å². The molecule has 9 heavy (non-hydrogen) atoms. The van der Waals surface area contributed by atoms with Crippen molar-refractivity contribution < 1.29 is 9.32 Å². The number of hydrogen-bond donors (Lipinski definition) is 1. The normalized spacial score (nSPS) is 12.7. The Hall–Kier alpha value is 0.355. The van der Waals surface area contributed by atoms with Crippen LogP contribution in [0, 0.1) is 0 Å². The van der Waals surface area contributed by atoms with Gasteiger partial charge in [-0.2, -0.15) is 0 Å². The van der Waals surface area contributed by atoms with E-state index in [-0.39, 0.29) is 12.3 Å². The first-order valence-corrected chi connectivity index (χ1v) is 3.38. The molecule has 0 spiro atoms. The van der Waals surface area contributed by atoms with Gasteiger partial charge in [0.25, 0.3) is 0 Å². The molecule has 0 aromatic rings. The fourth-order valence-electron chi connectivity index (χ4n) is 0.314. The Balaban J connectivity index is 3.64. The van der Waals surface area contributed by atoms with Crippen molar-refractivity contribution in [1.82, 2.24) is 5.09 Å². The third kappa shape index (κ3) is 3.15. The zero-order valence-electron chi connectivity index (χ0n) is 4.83. The van der Waals surface area contributed by atoms with Gasteiger partial charge in [0.15, 0.2) is 0 Å². The molecule has 3 atom stereocenters. The van der Waals surface area contributed by atoms with Crippen LogP contribution in [0.2, 0.25) is 6.32 Å². The first-order valence-electron chi connectivity index (χ1n) is 2.33. The number of carbonyl (C=O) groups excluding carboxylic acids is 1. The molecule has 0 bridgehead atoms. The SMILES string of the molecule is [B]CC(NP)C(=O)OP. The molecule has 0 fully saturated rings. The lowest BCUT2D eigenvalue weighted by atomic mass is 9.98. The summed E-state index contributed by atoms with van der Waals surface area (Å²) < 4.78 is 4.32. The van der Waals surface area contributed by atoms with Crippen LogP contribution in [0.1, 0.15) is 0 Å². The van der Waals surface area contributed by atoms with Gasteiger partial charge in [-0.15, -0.1) is 0 Å². The lowest BCUT2D eigenvalue weighted by molar-refractivity contribution is -0.134. The molecule has 0 heterocycles. The maximum absolute atomic E-state index is 10.6. The third-order valence-corrected chi connectivity index (χ3v) is 1.47. The summed E-state index contributed by atoms with van der Waals surface area (Å²) in [6.07, 6.45) is 0.233. The summed E-state index contributed by atoms with van der Waals surface area (Å²) in [7, 11) is 9.24. The molecule has 0 aliphatic rings. The Labute approximate surface area is 60.2 Å². The predicted molar refractivity (Wildman–Crippen MR) is 43.0 cm³/mol. The molecule has 0 aliphatic heterocycles. The van der Waals surface area contributed by atoms with Crippen molar-refractivity contribution in [3.63, 3.8) is 0 Å². The van der Waals surface area contributed by atoms with Crippen molar-refractivity contribution in [2.45, 2.75) is 12.4 Å². The molecule has 0 aliphatic carbocycles. The highest BCUT2D eigenvalue weighted by Gasteiger charge is 2.12. The standard InChI is InChI=1S/C3H8BNO2P2/c4-1-2(5-8)3(6)7-9/h2,5H,1,8-9H2. The highest BCUT2D eigenvalue weighted by molar-refractivity contribution is 7.14. The first kappa shape index (κ1) is 9.35. The van der Waals surface area contributed by atoms with E-state index >= 15 is 0 Å². The average Bonchev–Trinajstić information content (AvgIpc) is 1.90. The molecule has 0 saturated heterocycles. The lowest BCUT2D eigenvalue weighted by Crippen LogP contribution is -2.29. The Morgan fingerprint density at radius 3 is 2.56 bits per heavy atom. The van der Waals surface area contributed by atoms with E-state index in [1.165, 1.54) is 0 Å². The number of hydrogen-bond acceptors (Lipinski definition) is 3. The summed E-state index contributed by atoms with van der Waals surface area (Å²) >= 11 is 0. The number of carbonyl (C=O) groups is 1. The molecule has 0 aromatic carbocycles. The predicted octanol–water partition coefficient (Wildman–Crippen LogP) is -0.345. The minimum atomic E-state index is -0.424. The van der Waals surface area contributed by atoms with Crippen LogP contribution < -0.4 is 5.09 Å². The highest BCUT2D eigenvalue weighted by Crippen LogP contribution is 1.98. The van der Waals surface area contributed by atoms with Gasteiger partial charge < -0.3 is 4.52 Å². The molecule has 1 N–H and O–H groups in total. The van der Waals surface area contributed by atoms with E-state index in [1.54, 1.807) is 0 Å². The van der Waals surface area contributed by atoms with Crippen LogP contribution in [0.15, 0.2) is 0 Å². The maximum Gasteiger partial charge on any atom is 0.324 e. The van der Waals surface area contributed by atoms with E-state index in [4.69, 9.17) is 7.85 Å². The second-order valence-corrected chi connectivity index (χ2v) is 1.96. The molecular weight excluding hydrogens is 155 g/mol. The minimum absolute atomic E-state index is 0.233. The zero-order chi connectivity index (χ0) is 7.28. The summed E-state index contributed by atoms with van der Waals surface area (Å²) in [5.74, 6) is -0.377. The van der Waals surface area contributed by atoms with Gasteiger partial charge in [-0.05, 0) is 0 Å². The Kier molecular flexibility index (Phi) is 5.37. The minimum Gasteiger partial charge on any atom is -0.450 e. The molecule has 0 rings (SSSR count). The van der Waals surface area contributed by atoms with E-state index in [1.807, 2.05) is 9.47 Å². The van der Waals surface area contributed by atoms with Gasteiger partial charge in [0.05, 0.1) is 17.3 Å². The van der Waals surface area contributed by atoms with Crippen LogP contribution in [-0.2, 0) is 9.32 Å².